The molecule has 26 heavy (non-hydrogen) atoms. The molecular weight excluding hydrogens is 348 g/mol. The zero-order chi connectivity index (χ0) is 18.1. The molecule has 0 aliphatic carbocycles. The van der Waals surface area contributed by atoms with Crippen LogP contribution in [0.15, 0.2) is 48.0 Å². The third kappa shape index (κ3) is 3.20. The molecule has 1 aliphatic rings. The summed E-state index contributed by atoms with van der Waals surface area (Å²) in [5.74, 6) is -0.648. The van der Waals surface area contributed by atoms with Crippen molar-refractivity contribution < 1.29 is 14.3 Å². The van der Waals surface area contributed by atoms with Crippen LogP contribution in [0.1, 0.15) is 28.4 Å². The van der Waals surface area contributed by atoms with E-state index in [1.807, 2.05) is 18.2 Å². The van der Waals surface area contributed by atoms with Crippen molar-refractivity contribution in [1.82, 2.24) is 9.88 Å². The number of hydrogen-bond acceptors (Lipinski definition) is 5. The first-order valence-corrected chi connectivity index (χ1v) is 9.39. The van der Waals surface area contributed by atoms with Gasteiger partial charge < -0.3 is 9.64 Å². The van der Waals surface area contributed by atoms with Crippen LogP contribution >= 0.6 is 11.3 Å². The maximum absolute atomic E-state index is 12.7. The highest BCUT2D eigenvalue weighted by Crippen LogP contribution is 2.21. The van der Waals surface area contributed by atoms with Crippen molar-refractivity contribution in [2.24, 2.45) is 0 Å². The summed E-state index contributed by atoms with van der Waals surface area (Å²) in [6.07, 6.45) is 0.00914. The molecule has 6 heteroatoms. The Labute approximate surface area is 155 Å². The third-order valence-electron chi connectivity index (χ3n) is 4.64. The lowest BCUT2D eigenvalue weighted by molar-refractivity contribution is -0.140. The SMILES string of the molecule is C[C@@H](OC(=O)c1ccc2ncsc2c1)C(=O)N1CCc2ccccc2C1. The number of nitrogens with zero attached hydrogens (tertiary/aromatic N) is 2. The molecule has 0 spiro atoms. The first-order valence-electron chi connectivity index (χ1n) is 8.51. The van der Waals surface area contributed by atoms with Crippen LogP contribution in [0.25, 0.3) is 10.2 Å². The first kappa shape index (κ1) is 16.7. The molecule has 1 amide bonds. The molecule has 0 bridgehead atoms. The Hall–Kier alpha value is -2.73. The normalized spacial score (nSPS) is 14.7. The fourth-order valence-corrected chi connectivity index (χ4v) is 3.92. The minimum absolute atomic E-state index is 0.160. The maximum atomic E-state index is 12.7. The molecule has 2 heterocycles. The van der Waals surface area contributed by atoms with Crippen LogP contribution in [-0.2, 0) is 22.5 Å². The quantitative estimate of drug-likeness (QED) is 0.667. The lowest BCUT2D eigenvalue weighted by Crippen LogP contribution is -2.42. The molecule has 0 fully saturated rings. The summed E-state index contributed by atoms with van der Waals surface area (Å²) >= 11 is 1.47. The van der Waals surface area contributed by atoms with E-state index >= 15 is 0 Å². The Balaban J connectivity index is 1.43. The Morgan fingerprint density at radius 2 is 2.00 bits per heavy atom. The van der Waals surface area contributed by atoms with Gasteiger partial charge in [-0.05, 0) is 42.7 Å². The number of carbonyl (C=O) groups is 2. The number of esters is 1. The zero-order valence-corrected chi connectivity index (χ0v) is 15.2. The molecule has 1 aromatic heterocycles. The van der Waals surface area contributed by atoms with Crippen LogP contribution in [0.2, 0.25) is 0 Å². The molecule has 3 aromatic rings. The summed E-state index contributed by atoms with van der Waals surface area (Å²) < 4.78 is 6.34. The highest BCUT2D eigenvalue weighted by atomic mass is 32.1. The molecule has 4 rings (SSSR count). The van der Waals surface area contributed by atoms with E-state index in [0.717, 1.165) is 22.2 Å². The minimum Gasteiger partial charge on any atom is -0.449 e. The fraction of sp³-hybridized carbons (Fsp3) is 0.250. The van der Waals surface area contributed by atoms with E-state index in [-0.39, 0.29) is 5.91 Å². The van der Waals surface area contributed by atoms with Crippen molar-refractivity contribution in [3.63, 3.8) is 0 Å². The van der Waals surface area contributed by atoms with Gasteiger partial charge in [0.25, 0.3) is 5.91 Å². The third-order valence-corrected chi connectivity index (χ3v) is 5.43. The van der Waals surface area contributed by atoms with Crippen LogP contribution in [0.4, 0.5) is 0 Å². The smallest absolute Gasteiger partial charge is 0.338 e. The lowest BCUT2D eigenvalue weighted by Gasteiger charge is -2.30. The largest absolute Gasteiger partial charge is 0.449 e. The Morgan fingerprint density at radius 3 is 2.85 bits per heavy atom. The van der Waals surface area contributed by atoms with Crippen LogP contribution in [0, 0.1) is 0 Å². The molecular formula is C20H18N2O3S. The Kier molecular flexibility index (Phi) is 4.42. The molecule has 0 unspecified atom stereocenters. The van der Waals surface area contributed by atoms with Gasteiger partial charge >= 0.3 is 5.97 Å². The van der Waals surface area contributed by atoms with Gasteiger partial charge in [-0.25, -0.2) is 9.78 Å². The summed E-state index contributed by atoms with van der Waals surface area (Å²) in [5, 5.41) is 0. The minimum atomic E-state index is -0.815. The fourth-order valence-electron chi connectivity index (χ4n) is 3.20. The lowest BCUT2D eigenvalue weighted by atomic mass is 9.99. The van der Waals surface area contributed by atoms with Crippen molar-refractivity contribution in [2.45, 2.75) is 26.0 Å². The number of fused-ring (bicyclic) bond motifs is 2. The summed E-state index contributed by atoms with van der Waals surface area (Å²) in [6.45, 7) is 2.83. The van der Waals surface area contributed by atoms with Crippen molar-refractivity contribution in [1.29, 1.82) is 0 Å². The molecule has 132 valence electrons. The zero-order valence-electron chi connectivity index (χ0n) is 14.3. The average molecular weight is 366 g/mol. The summed E-state index contributed by atoms with van der Waals surface area (Å²) in [7, 11) is 0. The van der Waals surface area contributed by atoms with Gasteiger partial charge in [-0.15, -0.1) is 11.3 Å². The van der Waals surface area contributed by atoms with Crippen molar-refractivity contribution in [3.05, 3.63) is 64.7 Å². The van der Waals surface area contributed by atoms with Gasteiger partial charge in [0.15, 0.2) is 6.10 Å². The number of aromatic nitrogens is 1. The molecule has 5 nitrogen and oxygen atoms in total. The van der Waals surface area contributed by atoms with Crippen molar-refractivity contribution in [2.75, 3.05) is 6.54 Å². The summed E-state index contributed by atoms with van der Waals surface area (Å²) in [5.41, 5.74) is 5.45. The van der Waals surface area contributed by atoms with E-state index in [9.17, 15) is 9.59 Å². The van der Waals surface area contributed by atoms with Gasteiger partial charge in [0.2, 0.25) is 0 Å². The average Bonchev–Trinajstić information content (AvgIpc) is 3.14. The second-order valence-corrected chi connectivity index (χ2v) is 7.25. The van der Waals surface area contributed by atoms with E-state index in [1.165, 1.54) is 16.9 Å². The van der Waals surface area contributed by atoms with E-state index in [2.05, 4.69) is 11.1 Å². The molecule has 0 saturated carbocycles. The number of carbonyl (C=O) groups excluding carboxylic acids is 2. The molecule has 1 atom stereocenters. The number of amides is 1. The molecule has 2 aromatic carbocycles. The topological polar surface area (TPSA) is 59.5 Å². The number of thiazole rings is 1. The highest BCUT2D eigenvalue weighted by molar-refractivity contribution is 7.16. The molecule has 0 N–H and O–H groups in total. The number of hydrogen-bond donors (Lipinski definition) is 0. The van der Waals surface area contributed by atoms with Gasteiger partial charge in [0.05, 0.1) is 21.3 Å². The first-order chi connectivity index (χ1) is 12.6. The van der Waals surface area contributed by atoms with E-state index < -0.39 is 12.1 Å². The predicted octanol–water partition coefficient (Wildman–Crippen LogP) is 3.43. The van der Waals surface area contributed by atoms with Crippen LogP contribution in [-0.4, -0.2) is 34.4 Å². The maximum Gasteiger partial charge on any atom is 0.338 e. The molecule has 1 aliphatic heterocycles. The van der Waals surface area contributed by atoms with Crippen LogP contribution < -0.4 is 0 Å². The standard InChI is InChI=1S/C20H18N2O3S/c1-13(19(23)22-9-8-14-4-2-3-5-16(14)11-22)25-20(24)15-6-7-17-18(10-15)26-12-21-17/h2-7,10,12-13H,8-9,11H2,1H3/t13-/m1/s1. The van der Waals surface area contributed by atoms with E-state index in [1.54, 1.807) is 35.5 Å². The predicted molar refractivity (Wildman–Crippen MR) is 100 cm³/mol. The number of benzene rings is 2. The molecule has 0 saturated heterocycles. The number of ether oxygens (including phenoxy) is 1. The molecule has 0 radical (unpaired) electrons. The summed E-state index contributed by atoms with van der Waals surface area (Å²) in [6, 6.07) is 13.3. The Morgan fingerprint density at radius 1 is 1.19 bits per heavy atom. The van der Waals surface area contributed by atoms with Crippen LogP contribution in [0.3, 0.4) is 0 Å². The van der Waals surface area contributed by atoms with Crippen molar-refractivity contribution in [3.8, 4) is 0 Å². The van der Waals surface area contributed by atoms with Gasteiger partial charge in [0.1, 0.15) is 0 Å². The van der Waals surface area contributed by atoms with Gasteiger partial charge in [-0.3, -0.25) is 4.79 Å². The van der Waals surface area contributed by atoms with Crippen LogP contribution in [0.5, 0.6) is 0 Å². The second-order valence-electron chi connectivity index (χ2n) is 6.36. The van der Waals surface area contributed by atoms with Gasteiger partial charge in [0, 0.05) is 13.1 Å². The van der Waals surface area contributed by atoms with Gasteiger partial charge in [-0.1, -0.05) is 24.3 Å². The van der Waals surface area contributed by atoms with E-state index in [0.29, 0.717) is 18.7 Å². The monoisotopic (exact) mass is 366 g/mol. The van der Waals surface area contributed by atoms with Crippen molar-refractivity contribution >= 4 is 33.4 Å². The Bertz CT molecular complexity index is 982. The summed E-state index contributed by atoms with van der Waals surface area (Å²) in [4.78, 5) is 31.0. The van der Waals surface area contributed by atoms with E-state index in [4.69, 9.17) is 4.74 Å². The highest BCUT2D eigenvalue weighted by Gasteiger charge is 2.27. The number of rotatable bonds is 3. The second kappa shape index (κ2) is 6.88. The van der Waals surface area contributed by atoms with Gasteiger partial charge in [-0.2, -0.15) is 0 Å².